The van der Waals surface area contributed by atoms with Gasteiger partial charge in [-0.15, -0.1) is 0 Å². The first-order chi connectivity index (χ1) is 7.08. The molecule has 3 N–H and O–H groups in total. The van der Waals surface area contributed by atoms with Crippen molar-refractivity contribution < 1.29 is 4.79 Å². The molecule has 1 heterocycles. The van der Waals surface area contributed by atoms with Gasteiger partial charge in [0.05, 0.1) is 0 Å². The zero-order valence-electron chi connectivity index (χ0n) is 8.62. The van der Waals surface area contributed by atoms with E-state index in [1.807, 2.05) is 6.92 Å². The number of nitrogens with zero attached hydrogens (tertiary/aromatic N) is 2. The predicted octanol–water partition coefficient (Wildman–Crippen LogP) is 1.11. The molecule has 0 atom stereocenters. The average Bonchev–Trinajstić information content (AvgIpc) is 2.26. The number of nitrogens with two attached hydrogens (primary N) is 1. The lowest BCUT2D eigenvalue weighted by atomic mass is 10.2. The Morgan fingerprint density at radius 2 is 2.33 bits per heavy atom. The minimum absolute atomic E-state index is 0.113. The number of pyridine rings is 1. The summed E-state index contributed by atoms with van der Waals surface area (Å²) in [5.74, 6) is 5.46. The standard InChI is InChI=1S/C9H13ClN4O/c1-3-14(2)9(15)6-4-7(10)12-8(5-6)13-11/h4-5H,3,11H2,1-2H3,(H,12,13). The maximum Gasteiger partial charge on any atom is 0.253 e. The monoisotopic (exact) mass is 228 g/mol. The zero-order chi connectivity index (χ0) is 11.4. The fraction of sp³-hybridized carbons (Fsp3) is 0.333. The van der Waals surface area contributed by atoms with Crippen LogP contribution in [-0.4, -0.2) is 29.4 Å². The Kier molecular flexibility index (Phi) is 3.88. The Morgan fingerprint density at radius 3 is 2.87 bits per heavy atom. The number of anilines is 1. The highest BCUT2D eigenvalue weighted by molar-refractivity contribution is 6.29. The first-order valence-electron chi connectivity index (χ1n) is 4.48. The highest BCUT2D eigenvalue weighted by Crippen LogP contribution is 2.15. The maximum absolute atomic E-state index is 11.8. The minimum atomic E-state index is -0.113. The van der Waals surface area contributed by atoms with Gasteiger partial charge >= 0.3 is 0 Å². The maximum atomic E-state index is 11.8. The molecular weight excluding hydrogens is 216 g/mol. The topological polar surface area (TPSA) is 71.2 Å². The predicted molar refractivity (Wildman–Crippen MR) is 59.7 cm³/mol. The number of hydrogen-bond donors (Lipinski definition) is 2. The van der Waals surface area contributed by atoms with Gasteiger partial charge in [0, 0.05) is 19.2 Å². The number of hydrogen-bond acceptors (Lipinski definition) is 4. The van der Waals surface area contributed by atoms with Gasteiger partial charge in [0.1, 0.15) is 11.0 Å². The molecule has 0 saturated carbocycles. The summed E-state index contributed by atoms with van der Waals surface area (Å²) in [7, 11) is 1.71. The van der Waals surface area contributed by atoms with Crippen LogP contribution in [0.1, 0.15) is 17.3 Å². The quantitative estimate of drug-likeness (QED) is 0.462. The lowest BCUT2D eigenvalue weighted by Crippen LogP contribution is -2.26. The van der Waals surface area contributed by atoms with Crippen molar-refractivity contribution in [1.29, 1.82) is 0 Å². The molecule has 1 aromatic rings. The molecule has 1 rings (SSSR count). The summed E-state index contributed by atoms with van der Waals surface area (Å²) >= 11 is 5.74. The third kappa shape index (κ3) is 2.81. The van der Waals surface area contributed by atoms with E-state index in [9.17, 15) is 4.79 Å². The van der Waals surface area contributed by atoms with Crippen molar-refractivity contribution in [3.8, 4) is 0 Å². The number of aromatic nitrogens is 1. The van der Waals surface area contributed by atoms with Crippen LogP contribution in [0.2, 0.25) is 5.15 Å². The molecule has 0 aromatic carbocycles. The summed E-state index contributed by atoms with van der Waals surface area (Å²) in [5.41, 5.74) is 2.82. The van der Waals surface area contributed by atoms with Crippen molar-refractivity contribution in [3.63, 3.8) is 0 Å². The summed E-state index contributed by atoms with van der Waals surface area (Å²) < 4.78 is 0. The van der Waals surface area contributed by atoms with Crippen molar-refractivity contribution >= 4 is 23.3 Å². The molecule has 0 aliphatic carbocycles. The van der Waals surface area contributed by atoms with E-state index in [1.54, 1.807) is 18.0 Å². The lowest BCUT2D eigenvalue weighted by molar-refractivity contribution is 0.0802. The lowest BCUT2D eigenvalue weighted by Gasteiger charge is -2.14. The summed E-state index contributed by atoms with van der Waals surface area (Å²) in [6.07, 6.45) is 0. The van der Waals surface area contributed by atoms with Gasteiger partial charge in [0.25, 0.3) is 5.91 Å². The Labute approximate surface area is 93.2 Å². The van der Waals surface area contributed by atoms with Crippen LogP contribution >= 0.6 is 11.6 Å². The van der Waals surface area contributed by atoms with E-state index in [1.165, 1.54) is 6.07 Å². The molecule has 0 saturated heterocycles. The first kappa shape index (κ1) is 11.7. The SMILES string of the molecule is CCN(C)C(=O)c1cc(Cl)nc(NN)c1. The molecule has 0 fully saturated rings. The molecule has 1 amide bonds. The Morgan fingerprint density at radius 1 is 1.67 bits per heavy atom. The van der Waals surface area contributed by atoms with Crippen LogP contribution in [0.5, 0.6) is 0 Å². The van der Waals surface area contributed by atoms with E-state index in [4.69, 9.17) is 17.4 Å². The summed E-state index contributed by atoms with van der Waals surface area (Å²) in [4.78, 5) is 17.2. The summed E-state index contributed by atoms with van der Waals surface area (Å²) in [5, 5.41) is 0.235. The second-order valence-corrected chi connectivity index (χ2v) is 3.41. The molecule has 0 unspecified atom stereocenters. The van der Waals surface area contributed by atoms with Gasteiger partial charge in [-0.3, -0.25) is 4.79 Å². The van der Waals surface area contributed by atoms with Crippen LogP contribution < -0.4 is 11.3 Å². The van der Waals surface area contributed by atoms with Crippen LogP contribution in [0.4, 0.5) is 5.82 Å². The van der Waals surface area contributed by atoms with Crippen LogP contribution in [-0.2, 0) is 0 Å². The van der Waals surface area contributed by atoms with Gasteiger partial charge in [0.15, 0.2) is 0 Å². The second-order valence-electron chi connectivity index (χ2n) is 3.03. The molecule has 0 spiro atoms. The molecule has 0 bridgehead atoms. The second kappa shape index (κ2) is 4.95. The van der Waals surface area contributed by atoms with Crippen LogP contribution in [0.15, 0.2) is 12.1 Å². The van der Waals surface area contributed by atoms with E-state index in [0.29, 0.717) is 17.9 Å². The van der Waals surface area contributed by atoms with Crippen LogP contribution in [0.3, 0.4) is 0 Å². The molecule has 6 heteroatoms. The van der Waals surface area contributed by atoms with Gasteiger partial charge in [-0.1, -0.05) is 11.6 Å². The van der Waals surface area contributed by atoms with Crippen molar-refractivity contribution in [1.82, 2.24) is 9.88 Å². The normalized spacial score (nSPS) is 9.87. The van der Waals surface area contributed by atoms with Crippen molar-refractivity contribution in [3.05, 3.63) is 22.8 Å². The van der Waals surface area contributed by atoms with Crippen molar-refractivity contribution in [2.45, 2.75) is 6.92 Å². The summed E-state index contributed by atoms with van der Waals surface area (Å²) in [6.45, 7) is 2.52. The fourth-order valence-electron chi connectivity index (χ4n) is 1.06. The molecule has 0 radical (unpaired) electrons. The number of carbonyl (C=O) groups is 1. The Hall–Kier alpha value is -1.33. The molecule has 15 heavy (non-hydrogen) atoms. The minimum Gasteiger partial charge on any atom is -0.342 e. The van der Waals surface area contributed by atoms with E-state index in [-0.39, 0.29) is 11.1 Å². The third-order valence-electron chi connectivity index (χ3n) is 2.01. The largest absolute Gasteiger partial charge is 0.342 e. The Bertz CT molecular complexity index is 369. The van der Waals surface area contributed by atoms with Crippen molar-refractivity contribution in [2.24, 2.45) is 5.84 Å². The molecule has 0 aliphatic rings. The average molecular weight is 229 g/mol. The van der Waals surface area contributed by atoms with Gasteiger partial charge in [-0.05, 0) is 19.1 Å². The molecule has 1 aromatic heterocycles. The number of nitrogen functional groups attached to an aromatic ring is 1. The van der Waals surface area contributed by atoms with Gasteiger partial charge in [-0.25, -0.2) is 10.8 Å². The van der Waals surface area contributed by atoms with Crippen molar-refractivity contribution in [2.75, 3.05) is 19.0 Å². The summed E-state index contributed by atoms with van der Waals surface area (Å²) in [6, 6.07) is 3.07. The molecule has 82 valence electrons. The highest BCUT2D eigenvalue weighted by Gasteiger charge is 2.12. The van der Waals surface area contributed by atoms with Gasteiger partial charge in [-0.2, -0.15) is 0 Å². The zero-order valence-corrected chi connectivity index (χ0v) is 9.38. The third-order valence-corrected chi connectivity index (χ3v) is 2.20. The van der Waals surface area contributed by atoms with E-state index in [0.717, 1.165) is 0 Å². The highest BCUT2D eigenvalue weighted by atomic mass is 35.5. The van der Waals surface area contributed by atoms with Gasteiger partial charge in [0.2, 0.25) is 0 Å². The molecule has 5 nitrogen and oxygen atoms in total. The number of carbonyl (C=O) groups excluding carboxylic acids is 1. The number of hydrazine groups is 1. The number of rotatable bonds is 3. The Balaban J connectivity index is 3.03. The van der Waals surface area contributed by atoms with Crippen LogP contribution in [0.25, 0.3) is 0 Å². The molecular formula is C9H13ClN4O. The van der Waals surface area contributed by atoms with Gasteiger partial charge < -0.3 is 10.3 Å². The van der Waals surface area contributed by atoms with E-state index >= 15 is 0 Å². The first-order valence-corrected chi connectivity index (χ1v) is 4.86. The van der Waals surface area contributed by atoms with E-state index in [2.05, 4.69) is 10.4 Å². The number of amides is 1. The number of nitrogens with one attached hydrogen (secondary N) is 1. The van der Waals surface area contributed by atoms with E-state index < -0.39 is 0 Å². The number of halogens is 1. The smallest absolute Gasteiger partial charge is 0.253 e. The molecule has 0 aliphatic heterocycles. The van der Waals surface area contributed by atoms with Crippen LogP contribution in [0, 0.1) is 0 Å². The fourth-order valence-corrected chi connectivity index (χ4v) is 1.27.